The molecule has 1 N–H and O–H groups in total. The van der Waals surface area contributed by atoms with E-state index in [2.05, 4.69) is 85.3 Å². The van der Waals surface area contributed by atoms with E-state index in [0.29, 0.717) is 12.1 Å². The van der Waals surface area contributed by atoms with Crippen LogP contribution < -0.4 is 5.32 Å². The number of benzene rings is 2. The average molecular weight is 332 g/mol. The van der Waals surface area contributed by atoms with Crippen LogP contribution >= 0.6 is 15.9 Å². The smallest absolute Gasteiger partial charge is 0.0308 e. The average Bonchev–Trinajstić information content (AvgIpc) is 2.38. The van der Waals surface area contributed by atoms with Crippen LogP contribution in [0.2, 0.25) is 0 Å². The maximum atomic E-state index is 3.68. The van der Waals surface area contributed by atoms with E-state index in [-0.39, 0.29) is 0 Å². The summed E-state index contributed by atoms with van der Waals surface area (Å²) in [6.45, 7) is 8.76. The van der Waals surface area contributed by atoms with Gasteiger partial charge in [-0.2, -0.15) is 0 Å². The molecule has 2 atom stereocenters. The van der Waals surface area contributed by atoms with E-state index in [0.717, 1.165) is 4.47 Å². The summed E-state index contributed by atoms with van der Waals surface area (Å²) in [5, 5.41) is 3.68. The van der Waals surface area contributed by atoms with E-state index in [9.17, 15) is 0 Å². The van der Waals surface area contributed by atoms with Crippen molar-refractivity contribution in [2.75, 3.05) is 0 Å². The van der Waals surface area contributed by atoms with Crippen molar-refractivity contribution in [1.82, 2.24) is 5.32 Å². The highest BCUT2D eigenvalue weighted by Gasteiger charge is 2.14. The Morgan fingerprint density at radius 2 is 1.55 bits per heavy atom. The minimum Gasteiger partial charge on any atom is -0.304 e. The largest absolute Gasteiger partial charge is 0.304 e. The molecule has 0 spiro atoms. The molecule has 0 aliphatic carbocycles. The Morgan fingerprint density at radius 1 is 0.900 bits per heavy atom. The predicted molar refractivity (Wildman–Crippen MR) is 90.0 cm³/mol. The molecule has 0 saturated carbocycles. The summed E-state index contributed by atoms with van der Waals surface area (Å²) in [6, 6.07) is 15.7. The minimum absolute atomic E-state index is 0.307. The molecule has 0 bridgehead atoms. The van der Waals surface area contributed by atoms with Crippen molar-refractivity contribution in [1.29, 1.82) is 0 Å². The molecule has 0 fully saturated rings. The van der Waals surface area contributed by atoms with Crippen LogP contribution in [0.1, 0.15) is 48.2 Å². The molecule has 2 rings (SSSR count). The lowest BCUT2D eigenvalue weighted by Gasteiger charge is -2.23. The fourth-order valence-electron chi connectivity index (χ4n) is 2.69. The van der Waals surface area contributed by atoms with Crippen molar-refractivity contribution in [3.8, 4) is 0 Å². The van der Waals surface area contributed by atoms with Crippen molar-refractivity contribution in [3.05, 3.63) is 69.2 Å². The Labute approximate surface area is 130 Å². The molecule has 0 heterocycles. The zero-order valence-electron chi connectivity index (χ0n) is 12.6. The summed E-state index contributed by atoms with van der Waals surface area (Å²) in [4.78, 5) is 0. The molecule has 0 aliphatic heterocycles. The first kappa shape index (κ1) is 15.3. The third kappa shape index (κ3) is 3.50. The topological polar surface area (TPSA) is 12.0 Å². The molecule has 0 radical (unpaired) electrons. The van der Waals surface area contributed by atoms with Gasteiger partial charge in [0.25, 0.3) is 0 Å². The Morgan fingerprint density at radius 3 is 2.20 bits per heavy atom. The summed E-state index contributed by atoms with van der Waals surface area (Å²) >= 11 is 3.63. The van der Waals surface area contributed by atoms with Crippen LogP contribution in [0.5, 0.6) is 0 Å². The third-order valence-electron chi connectivity index (χ3n) is 3.76. The molecule has 2 heteroatoms. The first-order valence-corrected chi connectivity index (χ1v) is 7.86. The van der Waals surface area contributed by atoms with Gasteiger partial charge in [-0.25, -0.2) is 0 Å². The second-order valence-electron chi connectivity index (χ2n) is 5.49. The Balaban J connectivity index is 2.15. The van der Waals surface area contributed by atoms with Crippen LogP contribution in [0.15, 0.2) is 46.9 Å². The zero-order valence-corrected chi connectivity index (χ0v) is 14.2. The van der Waals surface area contributed by atoms with Crippen molar-refractivity contribution < 1.29 is 0 Å². The number of rotatable bonds is 4. The fourth-order valence-corrected chi connectivity index (χ4v) is 3.32. The van der Waals surface area contributed by atoms with Gasteiger partial charge >= 0.3 is 0 Å². The van der Waals surface area contributed by atoms with Crippen LogP contribution in [0.3, 0.4) is 0 Å². The molecule has 0 saturated heterocycles. The lowest BCUT2D eigenvalue weighted by Crippen LogP contribution is -2.23. The summed E-state index contributed by atoms with van der Waals surface area (Å²) in [5.41, 5.74) is 5.33. The first-order chi connectivity index (χ1) is 9.49. The summed E-state index contributed by atoms with van der Waals surface area (Å²) in [7, 11) is 0. The Bertz CT molecular complexity index is 592. The molecular formula is C18H22BrN. The summed E-state index contributed by atoms with van der Waals surface area (Å²) in [6.07, 6.45) is 0. The van der Waals surface area contributed by atoms with E-state index in [1.54, 1.807) is 0 Å². The quantitative estimate of drug-likeness (QED) is 0.782. The molecule has 106 valence electrons. The van der Waals surface area contributed by atoms with Gasteiger partial charge in [0.15, 0.2) is 0 Å². The minimum atomic E-state index is 0.307. The zero-order chi connectivity index (χ0) is 14.7. The number of halogens is 1. The molecule has 0 aromatic heterocycles. The van der Waals surface area contributed by atoms with Crippen molar-refractivity contribution in [2.24, 2.45) is 0 Å². The maximum Gasteiger partial charge on any atom is 0.0308 e. The molecular weight excluding hydrogens is 310 g/mol. The maximum absolute atomic E-state index is 3.68. The number of hydrogen-bond acceptors (Lipinski definition) is 1. The van der Waals surface area contributed by atoms with Crippen LogP contribution in [-0.2, 0) is 0 Å². The lowest BCUT2D eigenvalue weighted by molar-refractivity contribution is 0.492. The van der Waals surface area contributed by atoms with Gasteiger partial charge in [-0.05, 0) is 50.5 Å². The van der Waals surface area contributed by atoms with E-state index in [1.807, 2.05) is 6.07 Å². The van der Waals surface area contributed by atoms with Crippen molar-refractivity contribution >= 4 is 15.9 Å². The van der Waals surface area contributed by atoms with Crippen LogP contribution in [0.25, 0.3) is 0 Å². The van der Waals surface area contributed by atoms with Gasteiger partial charge in [-0.15, -0.1) is 0 Å². The SMILES string of the molecule is Cc1ccc(C(C)N[C@H](C)c2ccccc2Br)c(C)c1. The van der Waals surface area contributed by atoms with Gasteiger partial charge in [0.2, 0.25) is 0 Å². The molecule has 2 aromatic rings. The van der Waals surface area contributed by atoms with E-state index in [1.165, 1.54) is 22.3 Å². The lowest BCUT2D eigenvalue weighted by atomic mass is 9.99. The van der Waals surface area contributed by atoms with E-state index >= 15 is 0 Å². The van der Waals surface area contributed by atoms with Gasteiger partial charge in [-0.1, -0.05) is 57.9 Å². The van der Waals surface area contributed by atoms with Gasteiger partial charge in [0.05, 0.1) is 0 Å². The fraction of sp³-hybridized carbons (Fsp3) is 0.333. The van der Waals surface area contributed by atoms with Crippen molar-refractivity contribution in [3.63, 3.8) is 0 Å². The summed E-state index contributed by atoms with van der Waals surface area (Å²) in [5.74, 6) is 0. The van der Waals surface area contributed by atoms with Crippen LogP contribution in [0.4, 0.5) is 0 Å². The summed E-state index contributed by atoms with van der Waals surface area (Å²) < 4.78 is 1.16. The number of aryl methyl sites for hydroxylation is 2. The third-order valence-corrected chi connectivity index (χ3v) is 4.49. The second-order valence-corrected chi connectivity index (χ2v) is 6.35. The molecule has 20 heavy (non-hydrogen) atoms. The van der Waals surface area contributed by atoms with Crippen LogP contribution in [-0.4, -0.2) is 0 Å². The van der Waals surface area contributed by atoms with E-state index in [4.69, 9.17) is 0 Å². The number of nitrogens with one attached hydrogen (secondary N) is 1. The van der Waals surface area contributed by atoms with E-state index < -0.39 is 0 Å². The Kier molecular flexibility index (Phi) is 5.00. The molecule has 0 aliphatic rings. The van der Waals surface area contributed by atoms with Gasteiger partial charge in [0, 0.05) is 16.6 Å². The molecule has 2 aromatic carbocycles. The highest BCUT2D eigenvalue weighted by atomic mass is 79.9. The highest BCUT2D eigenvalue weighted by Crippen LogP contribution is 2.26. The molecule has 0 amide bonds. The second kappa shape index (κ2) is 6.55. The monoisotopic (exact) mass is 331 g/mol. The first-order valence-electron chi connectivity index (χ1n) is 7.06. The predicted octanol–water partition coefficient (Wildman–Crippen LogP) is 5.48. The van der Waals surface area contributed by atoms with Crippen molar-refractivity contribution in [2.45, 2.75) is 39.8 Å². The Hall–Kier alpha value is -1.12. The molecule has 1 unspecified atom stereocenters. The highest BCUT2D eigenvalue weighted by molar-refractivity contribution is 9.10. The van der Waals surface area contributed by atoms with Gasteiger partial charge < -0.3 is 5.32 Å². The number of hydrogen-bond donors (Lipinski definition) is 1. The van der Waals surface area contributed by atoms with Crippen LogP contribution in [0, 0.1) is 13.8 Å². The normalized spacial score (nSPS) is 14.1. The van der Waals surface area contributed by atoms with Gasteiger partial charge in [0.1, 0.15) is 0 Å². The molecule has 1 nitrogen and oxygen atoms in total. The van der Waals surface area contributed by atoms with Gasteiger partial charge in [-0.3, -0.25) is 0 Å². The standard InChI is InChI=1S/C18H22BrN/c1-12-9-10-16(13(2)11-12)14(3)20-15(4)17-7-5-6-8-18(17)19/h5-11,14-15,20H,1-4H3/t14?,15-/m1/s1.